The molecular formula is C50H57N15O4. The van der Waals surface area contributed by atoms with Crippen molar-refractivity contribution in [3.05, 3.63) is 192 Å². The highest BCUT2D eigenvalue weighted by Gasteiger charge is 2.12. The number of pyridine rings is 5. The number of hydrogen-bond acceptors (Lipinski definition) is 11. The van der Waals surface area contributed by atoms with Gasteiger partial charge < -0.3 is 32.8 Å². The predicted molar refractivity (Wildman–Crippen MR) is 264 cm³/mol. The molecule has 356 valence electrons. The van der Waals surface area contributed by atoms with Crippen LogP contribution >= 0.6 is 0 Å². The van der Waals surface area contributed by atoms with Crippen LogP contribution in [0.4, 0.5) is 0 Å². The summed E-state index contributed by atoms with van der Waals surface area (Å²) in [6.45, 7) is 7.91. The van der Waals surface area contributed by atoms with E-state index in [1.807, 2.05) is 136 Å². The van der Waals surface area contributed by atoms with Crippen LogP contribution in [-0.4, -0.2) is 82.9 Å². The molecule has 19 nitrogen and oxygen atoms in total. The normalized spacial score (nSPS) is 12.0. The van der Waals surface area contributed by atoms with Gasteiger partial charge in [-0.15, -0.1) is 0 Å². The lowest BCUT2D eigenvalue weighted by molar-refractivity contribution is -0.0757. The number of amides is 1. The van der Waals surface area contributed by atoms with E-state index in [0.29, 0.717) is 12.0 Å². The molecule has 0 saturated carbocycles. The van der Waals surface area contributed by atoms with E-state index in [-0.39, 0.29) is 29.9 Å². The Balaban J connectivity index is 0.000000142. The summed E-state index contributed by atoms with van der Waals surface area (Å²) >= 11 is 0. The molecule has 0 spiro atoms. The number of carbonyl (C=O) groups excluding carboxylic acids is 2. The van der Waals surface area contributed by atoms with Gasteiger partial charge >= 0.3 is 0 Å². The van der Waals surface area contributed by atoms with Crippen molar-refractivity contribution in [3.8, 4) is 0 Å². The van der Waals surface area contributed by atoms with Crippen molar-refractivity contribution >= 4 is 39.9 Å². The molecule has 1 amide bonds. The Hall–Kier alpha value is -8.22. The van der Waals surface area contributed by atoms with Gasteiger partial charge in [-0.3, -0.25) is 14.4 Å². The minimum atomic E-state index is -0.369. The number of azide groups is 1. The van der Waals surface area contributed by atoms with Crippen LogP contribution in [0.3, 0.4) is 0 Å². The fraction of sp³-hybridized carbons (Fsp3) is 0.260. The topological polar surface area (TPSA) is 228 Å². The Kier molecular flexibility index (Phi) is 17.8. The van der Waals surface area contributed by atoms with Crippen LogP contribution in [0.25, 0.3) is 38.7 Å². The van der Waals surface area contributed by atoms with Gasteiger partial charge in [-0.05, 0) is 83.9 Å². The van der Waals surface area contributed by atoms with Crippen molar-refractivity contribution < 1.29 is 19.5 Å². The Morgan fingerprint density at radius 2 is 1.03 bits per heavy atom. The number of rotatable bonds is 11. The predicted octanol–water partition coefficient (Wildman–Crippen LogP) is 9.51. The van der Waals surface area contributed by atoms with Crippen LogP contribution in [-0.2, 0) is 4.84 Å². The number of fused-ring (bicyclic) bond motifs is 5. The fourth-order valence-corrected chi connectivity index (χ4v) is 6.94. The second-order valence-corrected chi connectivity index (χ2v) is 15.5. The van der Waals surface area contributed by atoms with Gasteiger partial charge in [0.2, 0.25) is 0 Å². The monoisotopic (exact) mass is 931 g/mol. The molecule has 10 rings (SSSR count). The first-order valence-corrected chi connectivity index (χ1v) is 22.5. The summed E-state index contributed by atoms with van der Waals surface area (Å²) in [5.41, 5.74) is 23.2. The van der Waals surface area contributed by atoms with Gasteiger partial charge in [0.1, 0.15) is 28.2 Å². The standard InChI is InChI=1S/C10H11N5.C10H11N3O2.C10H13N3.C10H12N2O.C10H10N2O/c1-2-9(13-14-11)8-3-4-10-12-5-6-15(10)7-8;1-12(15-2)10(14)8-3-4-9-11-5-6-13(9)7-8;1-2-9(11)8-3-4-10-12-5-6-13(10)7-8;2*1-2-9(13)8-3-4-10-11-5-6-12(10)7-8/h3-7,9H,2H2,1H3;3-7H,1-2H3;3-7,9H,2,11H2,1H3;3-7,9,13H,2H2,1H3;3-7H,2H2,1H3. The highest BCUT2D eigenvalue weighted by atomic mass is 16.7. The average Bonchev–Trinajstić information content (AvgIpc) is 4.27. The van der Waals surface area contributed by atoms with Crippen molar-refractivity contribution in [3.63, 3.8) is 0 Å². The van der Waals surface area contributed by atoms with E-state index in [1.165, 1.54) is 12.2 Å². The summed E-state index contributed by atoms with van der Waals surface area (Å²) in [6.07, 6.45) is 30.1. The van der Waals surface area contributed by atoms with Crippen LogP contribution in [0.15, 0.2) is 159 Å². The summed E-state index contributed by atoms with van der Waals surface area (Å²) in [4.78, 5) is 51.4. The SMILES string of the molecule is CCC(=O)c1ccc2nccn2c1.CCC(N)c1ccc2nccn2c1.CCC(N=[N+]=[N-])c1ccc2nccn2c1.CCC(O)c1ccc2nccn2c1.CON(C)C(=O)c1ccc2nccn2c1. The lowest BCUT2D eigenvalue weighted by Crippen LogP contribution is -2.25. The van der Waals surface area contributed by atoms with Gasteiger partial charge in [-0.2, -0.15) is 0 Å². The first kappa shape index (κ1) is 50.2. The van der Waals surface area contributed by atoms with Crippen molar-refractivity contribution in [2.45, 2.75) is 71.6 Å². The molecule has 10 heterocycles. The first-order chi connectivity index (χ1) is 33.5. The van der Waals surface area contributed by atoms with Gasteiger partial charge in [-0.25, -0.2) is 30.0 Å². The Morgan fingerprint density at radius 1 is 0.623 bits per heavy atom. The molecule has 3 unspecified atom stereocenters. The summed E-state index contributed by atoms with van der Waals surface area (Å²) < 4.78 is 9.46. The number of nitrogens with two attached hydrogens (primary N) is 1. The molecule has 0 aliphatic rings. The molecule has 0 saturated heterocycles. The zero-order chi connectivity index (χ0) is 49.3. The maximum atomic E-state index is 11.7. The number of hydroxylamine groups is 2. The summed E-state index contributed by atoms with van der Waals surface area (Å²) in [5, 5.41) is 14.5. The van der Waals surface area contributed by atoms with Crippen LogP contribution in [0, 0.1) is 0 Å². The van der Waals surface area contributed by atoms with Crippen LogP contribution in [0.1, 0.15) is 109 Å². The van der Waals surface area contributed by atoms with E-state index in [1.54, 1.807) is 67.0 Å². The molecule has 0 aliphatic heterocycles. The number of carbonyl (C=O) groups is 2. The van der Waals surface area contributed by atoms with Crippen molar-refractivity contribution in [1.82, 2.24) is 52.0 Å². The molecule has 3 atom stereocenters. The molecular weight excluding hydrogens is 875 g/mol. The fourth-order valence-electron chi connectivity index (χ4n) is 6.94. The third-order valence-corrected chi connectivity index (χ3v) is 11.1. The Bertz CT molecular complexity index is 3190. The number of nitrogens with zero attached hydrogens (tertiary/aromatic N) is 14. The number of aromatic nitrogens is 10. The maximum Gasteiger partial charge on any atom is 0.278 e. The number of ketones is 1. The van der Waals surface area contributed by atoms with Gasteiger partial charge in [0, 0.05) is 123 Å². The Morgan fingerprint density at radius 3 is 1.46 bits per heavy atom. The number of imidazole rings is 5. The molecule has 10 aromatic heterocycles. The van der Waals surface area contributed by atoms with Gasteiger partial charge in [-0.1, -0.05) is 51.0 Å². The van der Waals surface area contributed by atoms with E-state index < -0.39 is 0 Å². The number of Topliss-reactive ketones (excluding diaryl/α,β-unsaturated/α-hetero) is 1. The van der Waals surface area contributed by atoms with E-state index in [4.69, 9.17) is 16.1 Å². The average molecular weight is 932 g/mol. The van der Waals surface area contributed by atoms with E-state index in [0.717, 1.165) is 69.8 Å². The number of hydrogen-bond donors (Lipinski definition) is 2. The van der Waals surface area contributed by atoms with Gasteiger partial charge in [0.25, 0.3) is 5.91 Å². The largest absolute Gasteiger partial charge is 0.388 e. The first-order valence-electron chi connectivity index (χ1n) is 22.5. The summed E-state index contributed by atoms with van der Waals surface area (Å²) in [7, 11) is 3.02. The van der Waals surface area contributed by atoms with Gasteiger partial charge in [0.15, 0.2) is 5.78 Å². The Labute approximate surface area is 398 Å². The minimum absolute atomic E-state index is 0.0956. The molecule has 0 fully saturated rings. The zero-order valence-corrected chi connectivity index (χ0v) is 39.5. The van der Waals surface area contributed by atoms with Gasteiger partial charge in [0.05, 0.1) is 24.8 Å². The maximum absolute atomic E-state index is 11.7. The quantitative estimate of drug-likeness (QED) is 0.0410. The number of aliphatic hydroxyl groups is 1. The summed E-state index contributed by atoms with van der Waals surface area (Å²) in [6, 6.07) is 18.9. The molecule has 0 bridgehead atoms. The smallest absolute Gasteiger partial charge is 0.278 e. The lowest BCUT2D eigenvalue weighted by Gasteiger charge is -2.13. The van der Waals surface area contributed by atoms with Crippen LogP contribution < -0.4 is 5.73 Å². The van der Waals surface area contributed by atoms with E-state index in [9.17, 15) is 14.7 Å². The van der Waals surface area contributed by atoms with Crippen LogP contribution in [0.2, 0.25) is 0 Å². The van der Waals surface area contributed by atoms with Crippen molar-refractivity contribution in [2.75, 3.05) is 14.2 Å². The molecule has 0 radical (unpaired) electrons. The third-order valence-electron chi connectivity index (χ3n) is 11.1. The highest BCUT2D eigenvalue weighted by Crippen LogP contribution is 2.22. The molecule has 0 aromatic carbocycles. The third kappa shape index (κ3) is 13.0. The molecule has 0 aliphatic carbocycles. The zero-order valence-electron chi connectivity index (χ0n) is 39.5. The second-order valence-electron chi connectivity index (χ2n) is 15.5. The highest BCUT2D eigenvalue weighted by molar-refractivity contribution is 5.95. The molecule has 19 heteroatoms. The summed E-state index contributed by atoms with van der Waals surface area (Å²) in [5.74, 6) is -0.0244. The number of aliphatic hydroxyl groups excluding tert-OH is 1. The van der Waals surface area contributed by atoms with Crippen molar-refractivity contribution in [1.29, 1.82) is 0 Å². The lowest BCUT2D eigenvalue weighted by atomic mass is 10.1. The minimum Gasteiger partial charge on any atom is -0.388 e. The molecule has 3 N–H and O–H groups in total. The van der Waals surface area contributed by atoms with Crippen molar-refractivity contribution in [2.24, 2.45) is 10.8 Å². The van der Waals surface area contributed by atoms with E-state index in [2.05, 4.69) is 41.9 Å². The van der Waals surface area contributed by atoms with Crippen LogP contribution in [0.5, 0.6) is 0 Å². The molecule has 10 aromatic rings. The second kappa shape index (κ2) is 24.5. The van der Waals surface area contributed by atoms with E-state index >= 15 is 0 Å². The molecule has 69 heavy (non-hydrogen) atoms.